The number of carbonyl (C=O) groups excluding carboxylic acids is 2. The van der Waals surface area contributed by atoms with E-state index < -0.39 is 4.92 Å². The molecule has 14 heteroatoms. The van der Waals surface area contributed by atoms with E-state index in [0.29, 0.717) is 63.1 Å². The third kappa shape index (κ3) is 7.87. The van der Waals surface area contributed by atoms with E-state index in [9.17, 15) is 19.7 Å². The smallest absolute Gasteiger partial charge is 0.283 e. The van der Waals surface area contributed by atoms with Crippen LogP contribution in [0.25, 0.3) is 16.3 Å². The maximum Gasteiger partial charge on any atom is 0.283 e. The summed E-state index contributed by atoms with van der Waals surface area (Å²) in [6.45, 7) is 5.65. The van der Waals surface area contributed by atoms with Crippen molar-refractivity contribution < 1.29 is 14.5 Å². The van der Waals surface area contributed by atoms with Gasteiger partial charge in [0.2, 0.25) is 0 Å². The van der Waals surface area contributed by atoms with E-state index >= 15 is 0 Å². The molecule has 1 N–H and O–H groups in total. The number of nitro benzene ring substituents is 1. The number of anilines is 2. The van der Waals surface area contributed by atoms with Gasteiger partial charge in [0.05, 0.1) is 36.3 Å². The molecule has 0 aliphatic carbocycles. The van der Waals surface area contributed by atoms with Crippen molar-refractivity contribution in [2.45, 2.75) is 30.0 Å². The number of nitrogens with one attached hydrogen (secondary N) is 1. The van der Waals surface area contributed by atoms with Gasteiger partial charge in [0.15, 0.2) is 9.51 Å². The van der Waals surface area contributed by atoms with Crippen LogP contribution >= 0.6 is 58.1 Å². The molecule has 1 aromatic heterocycles. The largest absolute Gasteiger partial charge is 0.322 e. The van der Waals surface area contributed by atoms with Crippen LogP contribution in [0.4, 0.5) is 22.7 Å². The number of amidine groups is 1. The first kappa shape index (κ1) is 36.4. The van der Waals surface area contributed by atoms with Gasteiger partial charge in [-0.15, -0.1) is 11.3 Å². The zero-order chi connectivity index (χ0) is 37.4. The molecular formula is C39H27Cl2N5O4S3. The Bertz CT molecular complexity index is 2550. The number of nitro groups is 1. The molecule has 0 unspecified atom stereocenters. The molecule has 0 spiro atoms. The molecule has 1 aliphatic rings. The Hall–Kier alpha value is -4.98. The number of aromatic nitrogens is 1. The van der Waals surface area contributed by atoms with E-state index in [1.165, 1.54) is 34.1 Å². The molecule has 0 bridgehead atoms. The topological polar surface area (TPSA) is 118 Å². The number of hydrogen-bond donors (Lipinski definition) is 1. The van der Waals surface area contributed by atoms with Gasteiger partial charge in [-0.1, -0.05) is 71.4 Å². The van der Waals surface area contributed by atoms with Crippen LogP contribution < -0.4 is 10.2 Å². The Kier molecular flexibility index (Phi) is 10.4. The number of halogens is 2. The quantitative estimate of drug-likeness (QED) is 0.0925. The van der Waals surface area contributed by atoms with Gasteiger partial charge in [0.1, 0.15) is 0 Å². The van der Waals surface area contributed by atoms with E-state index in [0.717, 1.165) is 33.2 Å². The van der Waals surface area contributed by atoms with Crippen LogP contribution in [0, 0.1) is 30.9 Å². The van der Waals surface area contributed by atoms with Gasteiger partial charge < -0.3 is 5.32 Å². The van der Waals surface area contributed by atoms with Gasteiger partial charge in [-0.05, 0) is 115 Å². The third-order valence-corrected chi connectivity index (χ3v) is 12.2. The molecule has 1 fully saturated rings. The molecule has 0 saturated carbocycles. The van der Waals surface area contributed by atoms with Crippen molar-refractivity contribution in [2.24, 2.45) is 4.99 Å². The highest BCUT2D eigenvalue weighted by Crippen LogP contribution is 2.42. The van der Waals surface area contributed by atoms with E-state index in [2.05, 4.69) is 10.3 Å². The summed E-state index contributed by atoms with van der Waals surface area (Å²) in [5.74, 6) is -0.561. The fourth-order valence-corrected chi connectivity index (χ4v) is 8.91. The maximum absolute atomic E-state index is 13.9. The van der Waals surface area contributed by atoms with E-state index in [4.69, 9.17) is 28.2 Å². The SMILES string of the molecule is Cc1ccc(N=C2S/C(=C\c3ccc(Sc4nc5ccc(NC(=O)c6ccccc6C)cc5s4)c([N+](=O)[O-])c3)C(=O)N2c2ccc(C)c(Cl)c2)cc1Cl. The second kappa shape index (κ2) is 15.2. The number of aryl methyl sites for hydroxylation is 3. The van der Waals surface area contributed by atoms with Crippen molar-refractivity contribution in [1.82, 2.24) is 4.98 Å². The third-order valence-electron chi connectivity index (χ3n) is 8.29. The first-order valence-corrected chi connectivity index (χ1v) is 19.2. The Morgan fingerprint density at radius 1 is 0.925 bits per heavy atom. The number of benzene rings is 5. The van der Waals surface area contributed by atoms with Gasteiger partial charge in [-0.2, -0.15) is 0 Å². The van der Waals surface area contributed by atoms with Gasteiger partial charge in [0.25, 0.3) is 17.5 Å². The van der Waals surface area contributed by atoms with Crippen molar-refractivity contribution in [3.8, 4) is 0 Å². The summed E-state index contributed by atoms with van der Waals surface area (Å²) < 4.78 is 1.42. The summed E-state index contributed by atoms with van der Waals surface area (Å²) in [7, 11) is 0. The molecule has 7 rings (SSSR count). The maximum atomic E-state index is 13.9. The summed E-state index contributed by atoms with van der Waals surface area (Å²) in [4.78, 5) is 50.3. The molecule has 0 atom stereocenters. The van der Waals surface area contributed by atoms with Crippen molar-refractivity contribution >= 4 is 114 Å². The number of fused-ring (bicyclic) bond motifs is 1. The first-order valence-electron chi connectivity index (χ1n) is 16.0. The number of hydrogen-bond acceptors (Lipinski definition) is 9. The summed E-state index contributed by atoms with van der Waals surface area (Å²) in [5.41, 5.74) is 5.98. The predicted octanol–water partition coefficient (Wildman–Crippen LogP) is 11.6. The summed E-state index contributed by atoms with van der Waals surface area (Å²) in [6.07, 6.45) is 1.62. The summed E-state index contributed by atoms with van der Waals surface area (Å²) in [5, 5.41) is 16.7. The van der Waals surface area contributed by atoms with Gasteiger partial charge in [-0.3, -0.25) is 24.6 Å². The first-order chi connectivity index (χ1) is 25.4. The minimum absolute atomic E-state index is 0.129. The Balaban J connectivity index is 1.16. The molecule has 1 aliphatic heterocycles. The lowest BCUT2D eigenvalue weighted by Gasteiger charge is -2.16. The molecule has 0 radical (unpaired) electrons. The average molecular weight is 797 g/mol. The summed E-state index contributed by atoms with van der Waals surface area (Å²) >= 11 is 16.5. The van der Waals surface area contributed by atoms with Crippen molar-refractivity contribution in [3.63, 3.8) is 0 Å². The van der Waals surface area contributed by atoms with Crippen LogP contribution in [0.1, 0.15) is 32.6 Å². The molecule has 2 amide bonds. The molecule has 9 nitrogen and oxygen atoms in total. The monoisotopic (exact) mass is 795 g/mol. The molecular weight excluding hydrogens is 770 g/mol. The number of nitrogens with zero attached hydrogens (tertiary/aromatic N) is 4. The molecule has 6 aromatic rings. The number of amides is 2. The summed E-state index contributed by atoms with van der Waals surface area (Å²) in [6, 6.07) is 28.3. The fourth-order valence-electron chi connectivity index (χ4n) is 5.41. The Morgan fingerprint density at radius 3 is 2.42 bits per heavy atom. The van der Waals surface area contributed by atoms with Crippen LogP contribution in [-0.2, 0) is 4.79 Å². The second-order valence-electron chi connectivity index (χ2n) is 12.0. The fraction of sp³-hybridized carbons (Fsp3) is 0.0769. The normalized spacial score (nSPS) is 14.4. The van der Waals surface area contributed by atoms with E-state index in [-0.39, 0.29) is 17.5 Å². The Morgan fingerprint density at radius 2 is 1.68 bits per heavy atom. The van der Waals surface area contributed by atoms with Crippen molar-refractivity contribution in [2.75, 3.05) is 10.2 Å². The zero-order valence-corrected chi connectivity index (χ0v) is 32.2. The van der Waals surface area contributed by atoms with Crippen molar-refractivity contribution in [1.29, 1.82) is 0 Å². The highest BCUT2D eigenvalue weighted by molar-refractivity contribution is 8.19. The van der Waals surface area contributed by atoms with Gasteiger partial charge in [-0.25, -0.2) is 9.98 Å². The van der Waals surface area contributed by atoms with Crippen LogP contribution in [-0.4, -0.2) is 26.9 Å². The Labute approximate surface area is 326 Å². The average Bonchev–Trinajstić information content (AvgIpc) is 3.66. The highest BCUT2D eigenvalue weighted by Gasteiger charge is 2.35. The number of thioether (sulfide) groups is 1. The van der Waals surface area contributed by atoms with Gasteiger partial charge in [0, 0.05) is 27.4 Å². The lowest BCUT2D eigenvalue weighted by atomic mass is 10.1. The van der Waals surface area contributed by atoms with Crippen LogP contribution in [0.15, 0.2) is 116 Å². The minimum Gasteiger partial charge on any atom is -0.322 e. The number of carbonyl (C=O) groups is 2. The number of rotatable bonds is 8. The predicted molar refractivity (Wildman–Crippen MR) is 218 cm³/mol. The van der Waals surface area contributed by atoms with Crippen LogP contribution in [0.5, 0.6) is 0 Å². The molecule has 264 valence electrons. The van der Waals surface area contributed by atoms with Crippen LogP contribution in [0.3, 0.4) is 0 Å². The molecule has 53 heavy (non-hydrogen) atoms. The van der Waals surface area contributed by atoms with Crippen molar-refractivity contribution in [3.05, 3.63) is 150 Å². The minimum atomic E-state index is -0.449. The lowest BCUT2D eigenvalue weighted by Crippen LogP contribution is -2.28. The van der Waals surface area contributed by atoms with E-state index in [1.54, 1.807) is 48.5 Å². The molecule has 1 saturated heterocycles. The number of thiazole rings is 1. The molecule has 5 aromatic carbocycles. The van der Waals surface area contributed by atoms with Gasteiger partial charge >= 0.3 is 0 Å². The molecule has 2 heterocycles. The second-order valence-corrected chi connectivity index (χ2v) is 16.2. The number of aliphatic imine (C=N–C) groups is 1. The standard InChI is InChI=1S/C39H27Cl2N5O4S3/c1-21-6-4-5-7-28(21)36(47)42-26-12-14-31-34(19-26)53-39(44-31)52-33-15-10-24(16-32(33)46(49)50)17-35-37(48)45(27-13-9-23(3)30(41)20-27)38(51-35)43-25-11-8-22(2)29(40)18-25/h4-20H,1-3H3,(H,42,47)/b35-17-,43-38?. The lowest BCUT2D eigenvalue weighted by molar-refractivity contribution is -0.387. The van der Waals surface area contributed by atoms with E-state index in [1.807, 2.05) is 69.3 Å². The highest BCUT2D eigenvalue weighted by atomic mass is 35.5. The van der Waals surface area contributed by atoms with Crippen LogP contribution in [0.2, 0.25) is 10.0 Å². The zero-order valence-electron chi connectivity index (χ0n) is 28.2.